The van der Waals surface area contributed by atoms with Crippen LogP contribution in [-0.2, 0) is 6.42 Å². The van der Waals surface area contributed by atoms with E-state index in [0.717, 1.165) is 22.9 Å². The highest BCUT2D eigenvalue weighted by atomic mass is 35.5. The van der Waals surface area contributed by atoms with Gasteiger partial charge in [-0.15, -0.1) is 0 Å². The monoisotopic (exact) mass is 334 g/mol. The lowest BCUT2D eigenvalue weighted by molar-refractivity contribution is 0.551. The first-order valence-electron chi connectivity index (χ1n) is 8.20. The Morgan fingerprint density at radius 2 is 1.50 bits per heavy atom. The number of hydrogen-bond acceptors (Lipinski definition) is 0. The van der Waals surface area contributed by atoms with Gasteiger partial charge in [-0.25, -0.2) is 0 Å². The molecule has 0 amide bonds. The summed E-state index contributed by atoms with van der Waals surface area (Å²) in [4.78, 5) is 0. The van der Waals surface area contributed by atoms with Crippen molar-refractivity contribution in [3.8, 4) is 0 Å². The molecule has 0 aliphatic carbocycles. The largest absolute Gasteiger partial charge is 0.0840 e. The first-order valence-corrected chi connectivity index (χ1v) is 8.95. The van der Waals surface area contributed by atoms with Crippen LogP contribution in [0.1, 0.15) is 56.1 Å². The van der Waals surface area contributed by atoms with Crippen molar-refractivity contribution in [1.29, 1.82) is 0 Å². The Hall–Kier alpha value is -0.980. The van der Waals surface area contributed by atoms with Crippen LogP contribution in [0.4, 0.5) is 0 Å². The summed E-state index contributed by atoms with van der Waals surface area (Å²) in [6, 6.07) is 16.4. The normalized spacial score (nSPS) is 12.3. The van der Waals surface area contributed by atoms with E-state index >= 15 is 0 Å². The average molecular weight is 335 g/mol. The van der Waals surface area contributed by atoms with Crippen LogP contribution in [-0.4, -0.2) is 0 Å². The predicted molar refractivity (Wildman–Crippen MR) is 98.1 cm³/mol. The molecular weight excluding hydrogens is 311 g/mol. The number of rotatable bonds is 8. The summed E-state index contributed by atoms with van der Waals surface area (Å²) in [7, 11) is 0. The molecule has 1 atom stereocenters. The molecule has 0 saturated heterocycles. The Morgan fingerprint density at radius 3 is 2.18 bits per heavy atom. The summed E-state index contributed by atoms with van der Waals surface area (Å²) in [5, 5.41) is 1.73. The van der Waals surface area contributed by atoms with Gasteiger partial charge in [0.05, 0.1) is 0 Å². The average Bonchev–Trinajstić information content (AvgIpc) is 2.53. The molecule has 2 heteroatoms. The molecule has 1 unspecified atom stereocenters. The molecule has 0 heterocycles. The van der Waals surface area contributed by atoms with Gasteiger partial charge < -0.3 is 0 Å². The van der Waals surface area contributed by atoms with E-state index in [1.807, 2.05) is 24.3 Å². The van der Waals surface area contributed by atoms with Crippen LogP contribution in [0, 0.1) is 0 Å². The van der Waals surface area contributed by atoms with Gasteiger partial charge in [0.1, 0.15) is 0 Å². The first kappa shape index (κ1) is 17.4. The second-order valence-electron chi connectivity index (χ2n) is 5.86. The van der Waals surface area contributed by atoms with E-state index in [1.54, 1.807) is 0 Å². The zero-order chi connectivity index (χ0) is 15.8. The smallest absolute Gasteiger partial charge is 0.0440 e. The van der Waals surface area contributed by atoms with Gasteiger partial charge in [0.15, 0.2) is 0 Å². The Morgan fingerprint density at radius 1 is 0.818 bits per heavy atom. The number of hydrogen-bond donors (Lipinski definition) is 0. The lowest BCUT2D eigenvalue weighted by Gasteiger charge is -2.19. The van der Waals surface area contributed by atoms with E-state index in [1.165, 1.54) is 36.8 Å². The molecule has 22 heavy (non-hydrogen) atoms. The van der Waals surface area contributed by atoms with Crippen molar-refractivity contribution in [2.45, 2.75) is 51.4 Å². The van der Waals surface area contributed by atoms with Crippen molar-refractivity contribution in [2.24, 2.45) is 0 Å². The van der Waals surface area contributed by atoms with Gasteiger partial charge in [0.25, 0.3) is 0 Å². The van der Waals surface area contributed by atoms with E-state index in [2.05, 4.69) is 31.2 Å². The fourth-order valence-corrected chi connectivity index (χ4v) is 3.42. The maximum Gasteiger partial charge on any atom is 0.0440 e. The van der Waals surface area contributed by atoms with Gasteiger partial charge in [0, 0.05) is 10.0 Å². The molecule has 0 aliphatic rings. The Labute approximate surface area is 144 Å². The Balaban J connectivity index is 2.14. The molecule has 2 aromatic rings. The summed E-state index contributed by atoms with van der Waals surface area (Å²) in [5.41, 5.74) is 2.46. The zero-order valence-corrected chi connectivity index (χ0v) is 14.7. The van der Waals surface area contributed by atoms with Crippen molar-refractivity contribution in [1.82, 2.24) is 0 Å². The van der Waals surface area contributed by atoms with E-state index in [4.69, 9.17) is 23.2 Å². The minimum absolute atomic E-state index is 0.436. The second kappa shape index (κ2) is 9.22. The van der Waals surface area contributed by atoms with Crippen LogP contribution in [0.3, 0.4) is 0 Å². The number of benzene rings is 2. The van der Waals surface area contributed by atoms with Crippen molar-refractivity contribution in [3.05, 3.63) is 69.7 Å². The highest BCUT2D eigenvalue weighted by Crippen LogP contribution is 2.33. The molecule has 118 valence electrons. The molecule has 0 aliphatic heterocycles. The van der Waals surface area contributed by atoms with Crippen molar-refractivity contribution < 1.29 is 0 Å². The standard InChI is InChI=1S/C20H24Cl2/c1-2-3-4-5-10-16(18-12-7-9-14-20(18)22)15-17-11-6-8-13-19(17)21/h6-9,11-14,16H,2-5,10,15H2,1H3. The third kappa shape index (κ3) is 5.04. The maximum atomic E-state index is 6.43. The summed E-state index contributed by atoms with van der Waals surface area (Å²) in [6.07, 6.45) is 7.22. The fourth-order valence-electron chi connectivity index (χ4n) is 2.92. The van der Waals surface area contributed by atoms with Crippen LogP contribution in [0.2, 0.25) is 10.0 Å². The SMILES string of the molecule is CCCCCCC(Cc1ccccc1Cl)c1ccccc1Cl. The van der Waals surface area contributed by atoms with E-state index < -0.39 is 0 Å². The number of halogens is 2. The van der Waals surface area contributed by atoms with Gasteiger partial charge in [-0.1, -0.05) is 92.2 Å². The zero-order valence-electron chi connectivity index (χ0n) is 13.2. The van der Waals surface area contributed by atoms with Crippen LogP contribution < -0.4 is 0 Å². The quantitative estimate of drug-likeness (QED) is 0.444. The van der Waals surface area contributed by atoms with Crippen molar-refractivity contribution >= 4 is 23.2 Å². The molecule has 0 fully saturated rings. The van der Waals surface area contributed by atoms with Crippen LogP contribution in [0.25, 0.3) is 0 Å². The third-order valence-corrected chi connectivity index (χ3v) is 4.89. The molecule has 0 bridgehead atoms. The Kier molecular flexibility index (Phi) is 7.29. The molecule has 2 rings (SSSR count). The molecule has 0 spiro atoms. The Bertz CT molecular complexity index is 577. The summed E-state index contributed by atoms with van der Waals surface area (Å²) < 4.78 is 0. The lowest BCUT2D eigenvalue weighted by atomic mass is 9.87. The summed E-state index contributed by atoms with van der Waals surface area (Å²) in [6.45, 7) is 2.25. The van der Waals surface area contributed by atoms with Crippen LogP contribution in [0.5, 0.6) is 0 Å². The second-order valence-corrected chi connectivity index (χ2v) is 6.68. The molecule has 0 saturated carbocycles. The lowest BCUT2D eigenvalue weighted by Crippen LogP contribution is -2.05. The van der Waals surface area contributed by atoms with Crippen molar-refractivity contribution in [2.75, 3.05) is 0 Å². The van der Waals surface area contributed by atoms with Crippen LogP contribution >= 0.6 is 23.2 Å². The van der Waals surface area contributed by atoms with E-state index in [9.17, 15) is 0 Å². The van der Waals surface area contributed by atoms with Gasteiger partial charge in [-0.3, -0.25) is 0 Å². The maximum absolute atomic E-state index is 6.43. The molecule has 0 aromatic heterocycles. The van der Waals surface area contributed by atoms with E-state index in [0.29, 0.717) is 5.92 Å². The highest BCUT2D eigenvalue weighted by Gasteiger charge is 2.16. The van der Waals surface area contributed by atoms with Crippen LogP contribution in [0.15, 0.2) is 48.5 Å². The molecule has 2 aromatic carbocycles. The minimum atomic E-state index is 0.436. The van der Waals surface area contributed by atoms with Gasteiger partial charge in [-0.2, -0.15) is 0 Å². The third-order valence-electron chi connectivity index (χ3n) is 4.18. The van der Waals surface area contributed by atoms with Gasteiger partial charge >= 0.3 is 0 Å². The first-order chi connectivity index (χ1) is 10.7. The predicted octanol–water partition coefficient (Wildman–Crippen LogP) is 7.29. The van der Waals surface area contributed by atoms with E-state index in [-0.39, 0.29) is 0 Å². The molecule has 0 N–H and O–H groups in total. The molecular formula is C20H24Cl2. The van der Waals surface area contributed by atoms with Gasteiger partial charge in [0.2, 0.25) is 0 Å². The minimum Gasteiger partial charge on any atom is -0.0840 e. The molecule has 0 nitrogen and oxygen atoms in total. The summed E-state index contributed by atoms with van der Waals surface area (Å²) in [5.74, 6) is 0.436. The summed E-state index contributed by atoms with van der Waals surface area (Å²) >= 11 is 12.8. The highest BCUT2D eigenvalue weighted by molar-refractivity contribution is 6.31. The van der Waals surface area contributed by atoms with Gasteiger partial charge in [-0.05, 0) is 42.0 Å². The topological polar surface area (TPSA) is 0 Å². The fraction of sp³-hybridized carbons (Fsp3) is 0.400. The molecule has 0 radical (unpaired) electrons. The van der Waals surface area contributed by atoms with Crippen molar-refractivity contribution in [3.63, 3.8) is 0 Å². The number of unbranched alkanes of at least 4 members (excludes halogenated alkanes) is 3.